The standard InChI is InChI=1S/C17H25NO2/c1-13-8-10-15(11-9-13)20-17(19)16-7-4-12-18(16)14-5-2-3-6-14/h4,7,12-15H,2-3,5-6,8-11H2,1H3. The van der Waals surface area contributed by atoms with Crippen molar-refractivity contribution in [1.82, 2.24) is 4.57 Å². The average Bonchev–Trinajstić information content (AvgIpc) is 3.11. The number of hydrogen-bond acceptors (Lipinski definition) is 2. The largest absolute Gasteiger partial charge is 0.458 e. The lowest BCUT2D eigenvalue weighted by molar-refractivity contribution is 0.0160. The van der Waals surface area contributed by atoms with E-state index in [-0.39, 0.29) is 12.1 Å². The van der Waals surface area contributed by atoms with Crippen LogP contribution in [0.25, 0.3) is 0 Å². The Bertz CT molecular complexity index is 451. The van der Waals surface area contributed by atoms with Crippen LogP contribution in [-0.2, 0) is 4.74 Å². The third-order valence-corrected chi connectivity index (χ3v) is 4.94. The van der Waals surface area contributed by atoms with Crippen LogP contribution in [0.4, 0.5) is 0 Å². The molecule has 2 aliphatic rings. The monoisotopic (exact) mass is 275 g/mol. The van der Waals surface area contributed by atoms with Crippen molar-refractivity contribution in [2.24, 2.45) is 5.92 Å². The molecule has 1 aromatic rings. The van der Waals surface area contributed by atoms with Crippen molar-refractivity contribution >= 4 is 5.97 Å². The summed E-state index contributed by atoms with van der Waals surface area (Å²) in [6.07, 6.45) is 11.5. The number of carbonyl (C=O) groups excluding carboxylic acids is 1. The Kier molecular flexibility index (Phi) is 4.13. The molecule has 20 heavy (non-hydrogen) atoms. The highest BCUT2D eigenvalue weighted by Crippen LogP contribution is 2.31. The number of aromatic nitrogens is 1. The summed E-state index contributed by atoms with van der Waals surface area (Å²) in [6.45, 7) is 2.28. The van der Waals surface area contributed by atoms with Gasteiger partial charge in [-0.15, -0.1) is 0 Å². The Labute approximate surface area is 121 Å². The fourth-order valence-electron chi connectivity index (χ4n) is 3.63. The molecule has 2 saturated carbocycles. The first-order valence-corrected chi connectivity index (χ1v) is 8.12. The molecule has 3 heteroatoms. The molecule has 0 N–H and O–H groups in total. The normalized spacial score (nSPS) is 27.6. The minimum atomic E-state index is -0.124. The predicted octanol–water partition coefficient (Wildman–Crippen LogP) is 4.34. The predicted molar refractivity (Wildman–Crippen MR) is 78.8 cm³/mol. The molecule has 0 aliphatic heterocycles. The zero-order valence-corrected chi connectivity index (χ0v) is 12.4. The molecule has 2 fully saturated rings. The Balaban J connectivity index is 1.64. The highest BCUT2D eigenvalue weighted by molar-refractivity contribution is 5.88. The molecule has 1 heterocycles. The minimum absolute atomic E-state index is 0.124. The van der Waals surface area contributed by atoms with Gasteiger partial charge in [0.2, 0.25) is 0 Å². The van der Waals surface area contributed by atoms with Gasteiger partial charge >= 0.3 is 5.97 Å². The number of carbonyl (C=O) groups is 1. The van der Waals surface area contributed by atoms with E-state index in [9.17, 15) is 4.79 Å². The van der Waals surface area contributed by atoms with E-state index in [0.717, 1.165) is 24.5 Å². The molecule has 3 nitrogen and oxygen atoms in total. The topological polar surface area (TPSA) is 31.2 Å². The second kappa shape index (κ2) is 6.02. The van der Waals surface area contributed by atoms with E-state index >= 15 is 0 Å². The Hall–Kier alpha value is -1.25. The van der Waals surface area contributed by atoms with Crippen LogP contribution >= 0.6 is 0 Å². The SMILES string of the molecule is CC1CCC(OC(=O)c2cccn2C2CCCC2)CC1. The molecule has 3 rings (SSSR count). The lowest BCUT2D eigenvalue weighted by atomic mass is 9.89. The number of nitrogens with zero attached hydrogens (tertiary/aromatic N) is 1. The fourth-order valence-corrected chi connectivity index (χ4v) is 3.63. The Morgan fingerprint density at radius 2 is 1.85 bits per heavy atom. The summed E-state index contributed by atoms with van der Waals surface area (Å²) in [6, 6.07) is 4.38. The number of hydrogen-bond donors (Lipinski definition) is 0. The van der Waals surface area contributed by atoms with Gasteiger partial charge in [-0.3, -0.25) is 0 Å². The van der Waals surface area contributed by atoms with Gasteiger partial charge in [0.1, 0.15) is 11.8 Å². The molecule has 0 bridgehead atoms. The molecule has 1 aromatic heterocycles. The summed E-state index contributed by atoms with van der Waals surface area (Å²) >= 11 is 0. The first kappa shape index (κ1) is 13.7. The molecule has 0 aromatic carbocycles. The molecule has 0 unspecified atom stereocenters. The smallest absolute Gasteiger partial charge is 0.355 e. The summed E-state index contributed by atoms with van der Waals surface area (Å²) in [7, 11) is 0. The number of rotatable bonds is 3. The molecule has 0 spiro atoms. The van der Waals surface area contributed by atoms with Gasteiger partial charge in [-0.1, -0.05) is 19.8 Å². The van der Waals surface area contributed by atoms with Gasteiger partial charge in [0.05, 0.1) is 0 Å². The van der Waals surface area contributed by atoms with Crippen molar-refractivity contribution in [2.45, 2.75) is 70.4 Å². The van der Waals surface area contributed by atoms with Gasteiger partial charge in [-0.2, -0.15) is 0 Å². The van der Waals surface area contributed by atoms with Crippen molar-refractivity contribution in [3.8, 4) is 0 Å². The Morgan fingerprint density at radius 3 is 2.55 bits per heavy atom. The number of ether oxygens (including phenoxy) is 1. The second-order valence-electron chi connectivity index (χ2n) is 6.53. The summed E-state index contributed by atoms with van der Waals surface area (Å²) in [5.41, 5.74) is 0.746. The highest BCUT2D eigenvalue weighted by Gasteiger charge is 2.25. The minimum Gasteiger partial charge on any atom is -0.458 e. The van der Waals surface area contributed by atoms with Crippen molar-refractivity contribution in [1.29, 1.82) is 0 Å². The van der Waals surface area contributed by atoms with E-state index in [0.29, 0.717) is 6.04 Å². The lowest BCUT2D eigenvalue weighted by Crippen LogP contribution is -2.25. The zero-order valence-electron chi connectivity index (χ0n) is 12.4. The van der Waals surface area contributed by atoms with Crippen LogP contribution < -0.4 is 0 Å². The van der Waals surface area contributed by atoms with E-state index < -0.39 is 0 Å². The molecular formula is C17H25NO2. The van der Waals surface area contributed by atoms with Gasteiger partial charge in [0.15, 0.2) is 0 Å². The molecule has 0 radical (unpaired) electrons. The first-order valence-electron chi connectivity index (χ1n) is 8.12. The quantitative estimate of drug-likeness (QED) is 0.768. The molecular weight excluding hydrogens is 250 g/mol. The third kappa shape index (κ3) is 2.92. The molecule has 0 atom stereocenters. The molecule has 2 aliphatic carbocycles. The molecule has 0 amide bonds. The van der Waals surface area contributed by atoms with E-state index in [4.69, 9.17) is 4.74 Å². The van der Waals surface area contributed by atoms with Crippen LogP contribution in [0, 0.1) is 5.92 Å². The Morgan fingerprint density at radius 1 is 1.15 bits per heavy atom. The van der Waals surface area contributed by atoms with E-state index in [1.54, 1.807) is 0 Å². The van der Waals surface area contributed by atoms with Gasteiger partial charge in [-0.05, 0) is 56.6 Å². The number of esters is 1. The van der Waals surface area contributed by atoms with Gasteiger partial charge < -0.3 is 9.30 Å². The molecule has 110 valence electrons. The van der Waals surface area contributed by atoms with Gasteiger partial charge in [-0.25, -0.2) is 4.79 Å². The zero-order chi connectivity index (χ0) is 13.9. The van der Waals surface area contributed by atoms with Crippen LogP contribution in [0.15, 0.2) is 18.3 Å². The average molecular weight is 275 g/mol. The maximum Gasteiger partial charge on any atom is 0.355 e. The van der Waals surface area contributed by atoms with Crippen LogP contribution in [0.1, 0.15) is 74.8 Å². The summed E-state index contributed by atoms with van der Waals surface area (Å²) in [4.78, 5) is 12.4. The maximum atomic E-state index is 12.4. The van der Waals surface area contributed by atoms with E-state index in [2.05, 4.69) is 11.5 Å². The summed E-state index contributed by atoms with van der Waals surface area (Å²) in [5, 5.41) is 0. The third-order valence-electron chi connectivity index (χ3n) is 4.94. The van der Waals surface area contributed by atoms with Crippen molar-refractivity contribution in [3.05, 3.63) is 24.0 Å². The fraction of sp³-hybridized carbons (Fsp3) is 0.706. The first-order chi connectivity index (χ1) is 9.74. The van der Waals surface area contributed by atoms with Crippen molar-refractivity contribution in [3.63, 3.8) is 0 Å². The lowest BCUT2D eigenvalue weighted by Gasteiger charge is -2.26. The van der Waals surface area contributed by atoms with Crippen molar-refractivity contribution in [2.75, 3.05) is 0 Å². The van der Waals surface area contributed by atoms with E-state index in [1.165, 1.54) is 38.5 Å². The van der Waals surface area contributed by atoms with E-state index in [1.807, 2.05) is 18.3 Å². The highest BCUT2D eigenvalue weighted by atomic mass is 16.5. The maximum absolute atomic E-state index is 12.4. The van der Waals surface area contributed by atoms with Gasteiger partial charge in [0, 0.05) is 12.2 Å². The van der Waals surface area contributed by atoms with Crippen LogP contribution in [0.3, 0.4) is 0 Å². The van der Waals surface area contributed by atoms with Crippen LogP contribution in [0.5, 0.6) is 0 Å². The molecule has 0 saturated heterocycles. The van der Waals surface area contributed by atoms with Crippen LogP contribution in [0.2, 0.25) is 0 Å². The van der Waals surface area contributed by atoms with Crippen molar-refractivity contribution < 1.29 is 9.53 Å². The van der Waals surface area contributed by atoms with Crippen LogP contribution in [-0.4, -0.2) is 16.6 Å². The summed E-state index contributed by atoms with van der Waals surface area (Å²) in [5.74, 6) is 0.661. The summed E-state index contributed by atoms with van der Waals surface area (Å²) < 4.78 is 7.86. The second-order valence-corrected chi connectivity index (χ2v) is 6.53. The van der Waals surface area contributed by atoms with Gasteiger partial charge in [0.25, 0.3) is 0 Å².